The molecule has 1 rings (SSSR count). The summed E-state index contributed by atoms with van der Waals surface area (Å²) in [5.74, 6) is 0.165. The van der Waals surface area contributed by atoms with Crippen LogP contribution in [0.1, 0.15) is 25.8 Å². The van der Waals surface area contributed by atoms with Crippen molar-refractivity contribution in [1.29, 1.82) is 0 Å². The van der Waals surface area contributed by atoms with Crippen LogP contribution in [0, 0.1) is 5.92 Å². The molecule has 0 aromatic heterocycles. The van der Waals surface area contributed by atoms with Gasteiger partial charge in [-0.05, 0) is 24.5 Å². The summed E-state index contributed by atoms with van der Waals surface area (Å²) in [6, 6.07) is 3.96. The largest absolute Gasteiger partial charge is 0.417 e. The smallest absolute Gasteiger partial charge is 0.327 e. The van der Waals surface area contributed by atoms with Crippen molar-refractivity contribution in [1.82, 2.24) is 4.31 Å². The zero-order valence-electron chi connectivity index (χ0n) is 12.8. The minimum atomic E-state index is -4.72. The van der Waals surface area contributed by atoms with Crippen molar-refractivity contribution in [2.45, 2.75) is 37.4 Å². The van der Waals surface area contributed by atoms with Gasteiger partial charge in [0.15, 0.2) is 0 Å². The molecule has 0 fully saturated rings. The van der Waals surface area contributed by atoms with Crippen molar-refractivity contribution in [3.05, 3.63) is 29.8 Å². The number of hydrogen-bond donors (Lipinski definition) is 1. The molecular weight excluding hydrogens is 317 g/mol. The molecule has 0 saturated carbocycles. The summed E-state index contributed by atoms with van der Waals surface area (Å²) in [5, 5.41) is 0. The molecule has 1 atom stereocenters. The van der Waals surface area contributed by atoms with E-state index in [-0.39, 0.29) is 18.5 Å². The summed E-state index contributed by atoms with van der Waals surface area (Å²) in [6.45, 7) is 3.87. The van der Waals surface area contributed by atoms with Gasteiger partial charge in [-0.1, -0.05) is 26.0 Å². The molecule has 0 radical (unpaired) electrons. The lowest BCUT2D eigenvalue weighted by atomic mass is 10.0. The maximum atomic E-state index is 13.0. The molecule has 126 valence electrons. The van der Waals surface area contributed by atoms with E-state index in [0.29, 0.717) is 6.42 Å². The molecule has 0 aliphatic rings. The first-order valence-electron chi connectivity index (χ1n) is 6.86. The average molecular weight is 338 g/mol. The quantitative estimate of drug-likeness (QED) is 0.867. The van der Waals surface area contributed by atoms with Gasteiger partial charge in [0, 0.05) is 19.6 Å². The molecule has 0 amide bonds. The van der Waals surface area contributed by atoms with E-state index in [9.17, 15) is 21.6 Å². The molecular formula is C14H21F3N2O2S. The topological polar surface area (TPSA) is 63.4 Å². The third kappa shape index (κ3) is 4.44. The Kier molecular flexibility index (Phi) is 6.00. The van der Waals surface area contributed by atoms with Crippen LogP contribution < -0.4 is 5.73 Å². The fraction of sp³-hybridized carbons (Fsp3) is 0.571. The summed E-state index contributed by atoms with van der Waals surface area (Å²) < 4.78 is 64.5. The number of alkyl halides is 3. The number of halogens is 3. The van der Waals surface area contributed by atoms with Crippen molar-refractivity contribution in [3.8, 4) is 0 Å². The molecule has 22 heavy (non-hydrogen) atoms. The van der Waals surface area contributed by atoms with Crippen molar-refractivity contribution in [3.63, 3.8) is 0 Å². The summed E-state index contributed by atoms with van der Waals surface area (Å²) >= 11 is 0. The Morgan fingerprint density at radius 1 is 1.23 bits per heavy atom. The molecule has 0 heterocycles. The number of benzene rings is 1. The van der Waals surface area contributed by atoms with E-state index >= 15 is 0 Å². The van der Waals surface area contributed by atoms with Crippen LogP contribution in [0.2, 0.25) is 0 Å². The predicted molar refractivity (Wildman–Crippen MR) is 78.7 cm³/mol. The summed E-state index contributed by atoms with van der Waals surface area (Å²) in [6.07, 6.45) is -4.35. The van der Waals surface area contributed by atoms with Gasteiger partial charge < -0.3 is 5.73 Å². The SMILES string of the molecule is CC(C)C(N)CCN(C)S(=O)(=O)c1ccccc1C(F)(F)F. The van der Waals surface area contributed by atoms with Crippen molar-refractivity contribution < 1.29 is 21.6 Å². The lowest BCUT2D eigenvalue weighted by molar-refractivity contribution is -0.139. The van der Waals surface area contributed by atoms with E-state index in [1.165, 1.54) is 13.1 Å². The normalized spacial score (nSPS) is 14.6. The Morgan fingerprint density at radius 2 is 1.77 bits per heavy atom. The van der Waals surface area contributed by atoms with Crippen LogP contribution >= 0.6 is 0 Å². The van der Waals surface area contributed by atoms with E-state index in [4.69, 9.17) is 5.73 Å². The summed E-state index contributed by atoms with van der Waals surface area (Å²) in [4.78, 5) is -0.733. The maximum Gasteiger partial charge on any atom is 0.417 e. The van der Waals surface area contributed by atoms with Crippen molar-refractivity contribution in [2.75, 3.05) is 13.6 Å². The number of rotatable bonds is 6. The highest BCUT2D eigenvalue weighted by Crippen LogP contribution is 2.34. The van der Waals surface area contributed by atoms with Crippen molar-refractivity contribution in [2.24, 2.45) is 11.7 Å². The molecule has 4 nitrogen and oxygen atoms in total. The molecule has 8 heteroatoms. The molecule has 0 bridgehead atoms. The number of sulfonamides is 1. The van der Waals surface area contributed by atoms with Crippen molar-refractivity contribution >= 4 is 10.0 Å². The van der Waals surface area contributed by atoms with Crippen LogP contribution in [0.25, 0.3) is 0 Å². The zero-order chi connectivity index (χ0) is 17.1. The fourth-order valence-electron chi connectivity index (χ4n) is 1.88. The third-order valence-electron chi connectivity index (χ3n) is 3.51. The van der Waals surface area contributed by atoms with Gasteiger partial charge in [0.2, 0.25) is 10.0 Å². The first-order chi connectivity index (χ1) is 9.98. The van der Waals surface area contributed by atoms with Crippen LogP contribution in [0.4, 0.5) is 13.2 Å². The first kappa shape index (κ1) is 18.9. The Morgan fingerprint density at radius 3 is 2.27 bits per heavy atom. The van der Waals surface area contributed by atoms with E-state index in [1.807, 2.05) is 13.8 Å². The van der Waals surface area contributed by atoms with Crippen LogP contribution in [0.5, 0.6) is 0 Å². The lowest BCUT2D eigenvalue weighted by Crippen LogP contribution is -2.35. The van der Waals surface area contributed by atoms with Gasteiger partial charge in [0.1, 0.15) is 0 Å². The molecule has 0 aliphatic carbocycles. The van der Waals surface area contributed by atoms with Gasteiger partial charge in [-0.2, -0.15) is 13.2 Å². The molecule has 0 aliphatic heterocycles. The maximum absolute atomic E-state index is 13.0. The van der Waals surface area contributed by atoms with Crippen LogP contribution in [-0.2, 0) is 16.2 Å². The Bertz CT molecular complexity index is 600. The van der Waals surface area contributed by atoms with E-state index in [2.05, 4.69) is 0 Å². The van der Waals surface area contributed by atoms with Gasteiger partial charge in [-0.15, -0.1) is 0 Å². The van der Waals surface area contributed by atoms with Gasteiger partial charge in [-0.3, -0.25) is 0 Å². The van der Waals surface area contributed by atoms with E-state index in [0.717, 1.165) is 22.5 Å². The van der Waals surface area contributed by atoms with Gasteiger partial charge in [-0.25, -0.2) is 12.7 Å². The van der Waals surface area contributed by atoms with Crippen LogP contribution in [-0.4, -0.2) is 32.4 Å². The second-order valence-electron chi connectivity index (χ2n) is 5.52. The average Bonchev–Trinajstić information content (AvgIpc) is 2.43. The molecule has 0 spiro atoms. The van der Waals surface area contributed by atoms with Gasteiger partial charge in [0.05, 0.1) is 10.5 Å². The highest BCUT2D eigenvalue weighted by molar-refractivity contribution is 7.89. The second kappa shape index (κ2) is 6.97. The number of hydrogen-bond acceptors (Lipinski definition) is 3. The standard InChI is InChI=1S/C14H21F3N2O2S/c1-10(2)12(18)8-9-19(3)22(20,21)13-7-5-4-6-11(13)14(15,16)17/h4-7,10,12H,8-9,18H2,1-3H3. The Balaban J connectivity index is 3.05. The highest BCUT2D eigenvalue weighted by Gasteiger charge is 2.38. The number of nitrogens with two attached hydrogens (primary N) is 1. The van der Waals surface area contributed by atoms with E-state index in [1.54, 1.807) is 0 Å². The van der Waals surface area contributed by atoms with Gasteiger partial charge >= 0.3 is 6.18 Å². The minimum Gasteiger partial charge on any atom is -0.327 e. The van der Waals surface area contributed by atoms with Crippen LogP contribution in [0.3, 0.4) is 0 Å². The summed E-state index contributed by atoms with van der Waals surface area (Å²) in [5.41, 5.74) is 4.69. The molecule has 1 aromatic rings. The van der Waals surface area contributed by atoms with E-state index < -0.39 is 26.7 Å². The summed E-state index contributed by atoms with van der Waals surface area (Å²) in [7, 11) is -2.96. The van der Waals surface area contributed by atoms with Gasteiger partial charge in [0.25, 0.3) is 0 Å². The van der Waals surface area contributed by atoms with Crippen LogP contribution in [0.15, 0.2) is 29.2 Å². The Labute approximate surface area is 129 Å². The highest BCUT2D eigenvalue weighted by atomic mass is 32.2. The predicted octanol–water partition coefficient (Wildman–Crippen LogP) is 2.70. The lowest BCUT2D eigenvalue weighted by Gasteiger charge is -2.22. The fourth-order valence-corrected chi connectivity index (χ4v) is 3.27. The molecule has 1 aromatic carbocycles. The number of nitrogens with zero attached hydrogens (tertiary/aromatic N) is 1. The third-order valence-corrected chi connectivity index (χ3v) is 5.43. The first-order valence-corrected chi connectivity index (χ1v) is 8.30. The monoisotopic (exact) mass is 338 g/mol. The Hall–Kier alpha value is -1.12. The second-order valence-corrected chi connectivity index (χ2v) is 7.53. The zero-order valence-corrected chi connectivity index (χ0v) is 13.6. The molecule has 1 unspecified atom stereocenters. The molecule has 2 N–H and O–H groups in total. The molecule has 0 saturated heterocycles. The minimum absolute atomic E-state index is 0.0634.